The van der Waals surface area contributed by atoms with Crippen LogP contribution in [0.15, 0.2) is 0 Å². The number of hydrogen-bond donors (Lipinski definition) is 2. The van der Waals surface area contributed by atoms with Crippen molar-refractivity contribution in [1.82, 2.24) is 15.5 Å². The summed E-state index contributed by atoms with van der Waals surface area (Å²) in [5.74, 6) is -0.566. The number of piperidine rings is 1. The summed E-state index contributed by atoms with van der Waals surface area (Å²) >= 11 is 0. The molecule has 108 valence electrons. The number of esters is 1. The van der Waals surface area contributed by atoms with Gasteiger partial charge in [0, 0.05) is 7.05 Å². The Kier molecular flexibility index (Phi) is 6.27. The number of rotatable bonds is 4. The molecule has 0 saturated carbocycles. The second-order valence-electron chi connectivity index (χ2n) is 4.43. The molecule has 0 radical (unpaired) electrons. The Morgan fingerprint density at radius 2 is 1.89 bits per heavy atom. The second-order valence-corrected chi connectivity index (χ2v) is 4.43. The number of urea groups is 1. The average Bonchev–Trinajstić information content (AvgIpc) is 2.39. The maximum atomic E-state index is 11.5. The van der Waals surface area contributed by atoms with Crippen molar-refractivity contribution in [1.29, 1.82) is 0 Å². The van der Waals surface area contributed by atoms with Crippen LogP contribution in [0.3, 0.4) is 0 Å². The Labute approximate surface area is 112 Å². The van der Waals surface area contributed by atoms with Gasteiger partial charge in [0.15, 0.2) is 0 Å². The van der Waals surface area contributed by atoms with Gasteiger partial charge < -0.3 is 10.1 Å². The van der Waals surface area contributed by atoms with Gasteiger partial charge in [0.05, 0.1) is 19.1 Å². The lowest BCUT2D eigenvalue weighted by atomic mass is 9.97. The van der Waals surface area contributed by atoms with E-state index in [1.807, 2.05) is 4.90 Å². The first-order valence-corrected chi connectivity index (χ1v) is 6.47. The molecule has 1 heterocycles. The summed E-state index contributed by atoms with van der Waals surface area (Å²) in [6.45, 7) is 3.67. The molecule has 0 aliphatic carbocycles. The van der Waals surface area contributed by atoms with E-state index in [0.29, 0.717) is 32.5 Å². The highest BCUT2D eigenvalue weighted by molar-refractivity contribution is 5.95. The summed E-state index contributed by atoms with van der Waals surface area (Å²) in [4.78, 5) is 35.9. The smallest absolute Gasteiger partial charge is 0.321 e. The van der Waals surface area contributed by atoms with Gasteiger partial charge in [0.25, 0.3) is 0 Å². The van der Waals surface area contributed by atoms with Crippen LogP contribution in [-0.2, 0) is 14.3 Å². The molecule has 1 saturated heterocycles. The minimum absolute atomic E-state index is 0.0711. The quantitative estimate of drug-likeness (QED) is 0.686. The van der Waals surface area contributed by atoms with Gasteiger partial charge in [-0.1, -0.05) is 0 Å². The zero-order valence-corrected chi connectivity index (χ0v) is 11.4. The molecule has 0 aromatic carbocycles. The zero-order chi connectivity index (χ0) is 14.3. The number of nitrogens with one attached hydrogen (secondary N) is 2. The highest BCUT2D eigenvalue weighted by Crippen LogP contribution is 2.18. The van der Waals surface area contributed by atoms with Gasteiger partial charge in [0.1, 0.15) is 0 Å². The fourth-order valence-electron chi connectivity index (χ4n) is 2.02. The van der Waals surface area contributed by atoms with Gasteiger partial charge in [-0.15, -0.1) is 0 Å². The molecule has 7 nitrogen and oxygen atoms in total. The molecule has 2 N–H and O–H groups in total. The summed E-state index contributed by atoms with van der Waals surface area (Å²) in [6.07, 6.45) is 1.37. The molecule has 7 heteroatoms. The summed E-state index contributed by atoms with van der Waals surface area (Å²) < 4.78 is 4.98. The van der Waals surface area contributed by atoms with Crippen LogP contribution in [0.5, 0.6) is 0 Å². The number of likely N-dealkylation sites (tertiary alicyclic amines) is 1. The first kappa shape index (κ1) is 15.4. The molecule has 1 aliphatic rings. The summed E-state index contributed by atoms with van der Waals surface area (Å²) in [7, 11) is 1.45. The maximum absolute atomic E-state index is 11.5. The van der Waals surface area contributed by atoms with Crippen LogP contribution in [0.1, 0.15) is 19.8 Å². The van der Waals surface area contributed by atoms with E-state index in [1.165, 1.54) is 7.05 Å². The predicted molar refractivity (Wildman–Crippen MR) is 68.4 cm³/mol. The zero-order valence-electron chi connectivity index (χ0n) is 11.4. The van der Waals surface area contributed by atoms with Crippen LogP contribution < -0.4 is 10.6 Å². The van der Waals surface area contributed by atoms with Crippen molar-refractivity contribution in [3.8, 4) is 0 Å². The van der Waals surface area contributed by atoms with Crippen LogP contribution in [-0.4, -0.2) is 56.1 Å². The minimum atomic E-state index is -0.508. The van der Waals surface area contributed by atoms with Gasteiger partial charge in [-0.3, -0.25) is 19.8 Å². The van der Waals surface area contributed by atoms with Crippen LogP contribution in [0.25, 0.3) is 0 Å². The number of ether oxygens (including phenoxy) is 1. The van der Waals surface area contributed by atoms with Gasteiger partial charge >= 0.3 is 12.0 Å². The van der Waals surface area contributed by atoms with Crippen molar-refractivity contribution in [2.45, 2.75) is 19.8 Å². The monoisotopic (exact) mass is 271 g/mol. The van der Waals surface area contributed by atoms with Crippen molar-refractivity contribution >= 4 is 17.9 Å². The first-order valence-electron chi connectivity index (χ1n) is 6.47. The van der Waals surface area contributed by atoms with Crippen molar-refractivity contribution in [3.63, 3.8) is 0 Å². The Morgan fingerprint density at radius 1 is 1.26 bits per heavy atom. The van der Waals surface area contributed by atoms with Crippen molar-refractivity contribution in [3.05, 3.63) is 0 Å². The molecule has 1 fully saturated rings. The lowest BCUT2D eigenvalue weighted by Gasteiger charge is -2.30. The Balaban J connectivity index is 2.28. The number of carbonyl (C=O) groups excluding carboxylic acids is 3. The third-order valence-electron chi connectivity index (χ3n) is 3.05. The van der Waals surface area contributed by atoms with Crippen LogP contribution in [0.4, 0.5) is 4.79 Å². The number of amides is 3. The maximum Gasteiger partial charge on any atom is 0.321 e. The van der Waals surface area contributed by atoms with Gasteiger partial charge in [-0.05, 0) is 32.9 Å². The molecule has 19 heavy (non-hydrogen) atoms. The summed E-state index contributed by atoms with van der Waals surface area (Å²) in [5.41, 5.74) is 0. The van der Waals surface area contributed by atoms with E-state index in [1.54, 1.807) is 6.92 Å². The van der Waals surface area contributed by atoms with Gasteiger partial charge in [-0.25, -0.2) is 4.79 Å². The lowest BCUT2D eigenvalue weighted by molar-refractivity contribution is -0.149. The van der Waals surface area contributed by atoms with E-state index in [4.69, 9.17) is 4.74 Å². The van der Waals surface area contributed by atoms with Gasteiger partial charge in [0.2, 0.25) is 5.91 Å². The normalized spacial score (nSPS) is 16.7. The van der Waals surface area contributed by atoms with E-state index in [2.05, 4.69) is 10.6 Å². The molecule has 0 atom stereocenters. The fraction of sp³-hybridized carbons (Fsp3) is 0.750. The van der Waals surface area contributed by atoms with Crippen LogP contribution in [0, 0.1) is 5.92 Å². The van der Waals surface area contributed by atoms with E-state index in [-0.39, 0.29) is 24.3 Å². The molecule has 1 aliphatic heterocycles. The largest absolute Gasteiger partial charge is 0.466 e. The van der Waals surface area contributed by atoms with E-state index < -0.39 is 6.03 Å². The SMILES string of the molecule is CCOC(=O)C1CCN(CC(=O)NC(=O)NC)CC1. The highest BCUT2D eigenvalue weighted by atomic mass is 16.5. The van der Waals surface area contributed by atoms with E-state index >= 15 is 0 Å². The number of imide groups is 1. The highest BCUT2D eigenvalue weighted by Gasteiger charge is 2.26. The second kappa shape index (κ2) is 7.73. The molecule has 0 aromatic heterocycles. The predicted octanol–water partition coefficient (Wildman–Crippen LogP) is -0.283. The molecular formula is C12H21N3O4. The topological polar surface area (TPSA) is 87.7 Å². The van der Waals surface area contributed by atoms with Crippen LogP contribution >= 0.6 is 0 Å². The fourth-order valence-corrected chi connectivity index (χ4v) is 2.02. The number of carbonyl (C=O) groups is 3. The lowest BCUT2D eigenvalue weighted by Crippen LogP contribution is -2.46. The Morgan fingerprint density at radius 3 is 2.42 bits per heavy atom. The summed E-state index contributed by atoms with van der Waals surface area (Å²) in [6, 6.07) is -0.508. The number of nitrogens with zero attached hydrogens (tertiary/aromatic N) is 1. The molecular weight excluding hydrogens is 250 g/mol. The standard InChI is InChI=1S/C12H21N3O4/c1-3-19-11(17)9-4-6-15(7-5-9)8-10(16)14-12(18)13-2/h9H,3-8H2,1-2H3,(H2,13,14,16,18). The molecule has 0 unspecified atom stereocenters. The molecule has 0 aromatic rings. The molecule has 3 amide bonds. The van der Waals surface area contributed by atoms with E-state index in [0.717, 1.165) is 0 Å². The minimum Gasteiger partial charge on any atom is -0.466 e. The van der Waals surface area contributed by atoms with Gasteiger partial charge in [-0.2, -0.15) is 0 Å². The Hall–Kier alpha value is -1.63. The third-order valence-corrected chi connectivity index (χ3v) is 3.05. The third kappa shape index (κ3) is 5.25. The van der Waals surface area contributed by atoms with Crippen molar-refractivity contribution in [2.75, 3.05) is 33.3 Å². The first-order chi connectivity index (χ1) is 9.06. The average molecular weight is 271 g/mol. The van der Waals surface area contributed by atoms with Crippen LogP contribution in [0.2, 0.25) is 0 Å². The Bertz CT molecular complexity index is 338. The molecule has 0 bridgehead atoms. The molecule has 0 spiro atoms. The molecule has 1 rings (SSSR count). The van der Waals surface area contributed by atoms with Crippen molar-refractivity contribution in [2.24, 2.45) is 5.92 Å². The van der Waals surface area contributed by atoms with Crippen molar-refractivity contribution < 1.29 is 19.1 Å². The number of hydrogen-bond acceptors (Lipinski definition) is 5. The summed E-state index contributed by atoms with van der Waals surface area (Å²) in [5, 5.41) is 4.53. The van der Waals surface area contributed by atoms with E-state index in [9.17, 15) is 14.4 Å².